The van der Waals surface area contributed by atoms with Gasteiger partial charge in [-0.1, -0.05) is 43.0 Å². The van der Waals surface area contributed by atoms with Gasteiger partial charge < -0.3 is 11.1 Å². The van der Waals surface area contributed by atoms with Crippen molar-refractivity contribution in [3.8, 4) is 0 Å². The van der Waals surface area contributed by atoms with E-state index in [2.05, 4.69) is 5.32 Å². The summed E-state index contributed by atoms with van der Waals surface area (Å²) in [7, 11) is -3.60. The Kier molecular flexibility index (Phi) is 7.62. The van der Waals surface area contributed by atoms with Gasteiger partial charge in [-0.2, -0.15) is 4.31 Å². The van der Waals surface area contributed by atoms with E-state index in [0.29, 0.717) is 48.0 Å². The fraction of sp³-hybridized carbons (Fsp3) is 0.481. The summed E-state index contributed by atoms with van der Waals surface area (Å²) in [6.07, 6.45) is 6.52. The standard InChI is InChI=1S/C27H35N3O4S/c1-18-8-11-25(19(2)16-18)35(33,34)30-14-12-21(13-15-30)27(32)29-22-9-10-23(24(17-22)26(28)31)20-6-4-3-5-7-20/h8-11,16-17,20-21H,3-7,12-15H2,1-2H3,(H2,28,31)(H,29,32). The zero-order chi connectivity index (χ0) is 25.2. The third-order valence-electron chi connectivity index (χ3n) is 7.40. The second-order valence-electron chi connectivity index (χ2n) is 9.94. The largest absolute Gasteiger partial charge is 0.366 e. The molecule has 2 amide bonds. The minimum Gasteiger partial charge on any atom is -0.366 e. The maximum absolute atomic E-state index is 13.1. The quantitative estimate of drug-likeness (QED) is 0.613. The highest BCUT2D eigenvalue weighted by Gasteiger charge is 2.33. The number of hydrogen-bond acceptors (Lipinski definition) is 4. The number of carbonyl (C=O) groups is 2. The van der Waals surface area contributed by atoms with E-state index < -0.39 is 15.9 Å². The van der Waals surface area contributed by atoms with E-state index in [1.165, 1.54) is 10.7 Å². The number of benzene rings is 2. The molecule has 0 bridgehead atoms. The Bertz CT molecular complexity index is 1210. The minimum absolute atomic E-state index is 0.158. The molecule has 0 spiro atoms. The van der Waals surface area contributed by atoms with E-state index in [1.807, 2.05) is 25.1 Å². The second kappa shape index (κ2) is 10.5. The first-order chi connectivity index (χ1) is 16.7. The van der Waals surface area contributed by atoms with Crippen LogP contribution in [0.5, 0.6) is 0 Å². The maximum atomic E-state index is 13.1. The number of nitrogens with two attached hydrogens (primary N) is 1. The Labute approximate surface area is 208 Å². The van der Waals surface area contributed by atoms with Crippen LogP contribution in [0.4, 0.5) is 5.69 Å². The Morgan fingerprint density at radius 1 is 0.943 bits per heavy atom. The predicted molar refractivity (Wildman–Crippen MR) is 137 cm³/mol. The van der Waals surface area contributed by atoms with Gasteiger partial charge in [-0.05, 0) is 74.8 Å². The lowest BCUT2D eigenvalue weighted by molar-refractivity contribution is -0.120. The molecular weight excluding hydrogens is 462 g/mol. The molecule has 4 rings (SSSR count). The van der Waals surface area contributed by atoms with Crippen LogP contribution in [0.25, 0.3) is 0 Å². The number of primary amides is 1. The average Bonchev–Trinajstić information content (AvgIpc) is 2.84. The number of nitrogens with one attached hydrogen (secondary N) is 1. The van der Waals surface area contributed by atoms with Crippen LogP contribution in [0, 0.1) is 19.8 Å². The van der Waals surface area contributed by atoms with Crippen molar-refractivity contribution >= 4 is 27.5 Å². The van der Waals surface area contributed by atoms with Crippen molar-refractivity contribution in [2.45, 2.75) is 69.6 Å². The van der Waals surface area contributed by atoms with Crippen LogP contribution in [0.15, 0.2) is 41.3 Å². The van der Waals surface area contributed by atoms with Crippen molar-refractivity contribution in [1.82, 2.24) is 4.31 Å². The highest BCUT2D eigenvalue weighted by atomic mass is 32.2. The summed E-state index contributed by atoms with van der Waals surface area (Å²) in [4.78, 5) is 25.4. The van der Waals surface area contributed by atoms with Gasteiger partial charge >= 0.3 is 0 Å². The van der Waals surface area contributed by atoms with Gasteiger partial charge in [0.2, 0.25) is 21.8 Å². The third-order valence-corrected chi connectivity index (χ3v) is 9.46. The Hall–Kier alpha value is -2.71. The molecule has 8 heteroatoms. The van der Waals surface area contributed by atoms with Gasteiger partial charge in [0.25, 0.3) is 0 Å². The molecule has 1 aliphatic heterocycles. The molecule has 0 atom stereocenters. The molecule has 3 N–H and O–H groups in total. The first-order valence-corrected chi connectivity index (χ1v) is 13.9. The lowest BCUT2D eigenvalue weighted by atomic mass is 9.82. The van der Waals surface area contributed by atoms with Crippen LogP contribution in [0.3, 0.4) is 0 Å². The lowest BCUT2D eigenvalue weighted by Crippen LogP contribution is -2.41. The number of hydrogen-bond donors (Lipinski definition) is 2. The summed E-state index contributed by atoms with van der Waals surface area (Å²) in [5, 5.41) is 2.92. The van der Waals surface area contributed by atoms with E-state index in [9.17, 15) is 18.0 Å². The molecule has 1 heterocycles. The van der Waals surface area contributed by atoms with Crippen LogP contribution in [0.2, 0.25) is 0 Å². The lowest BCUT2D eigenvalue weighted by Gasteiger charge is -2.31. The number of sulfonamides is 1. The molecule has 2 aliphatic rings. The molecular formula is C27H35N3O4S. The number of rotatable bonds is 6. The van der Waals surface area contributed by atoms with E-state index >= 15 is 0 Å². The monoisotopic (exact) mass is 497 g/mol. The number of nitrogens with zero attached hydrogens (tertiary/aromatic N) is 1. The van der Waals surface area contributed by atoms with Gasteiger partial charge in [-0.3, -0.25) is 9.59 Å². The fourth-order valence-corrected chi connectivity index (χ4v) is 7.12. The molecule has 1 saturated heterocycles. The molecule has 188 valence electrons. The Morgan fingerprint density at radius 3 is 2.26 bits per heavy atom. The molecule has 0 aromatic heterocycles. The highest BCUT2D eigenvalue weighted by Crippen LogP contribution is 2.35. The van der Waals surface area contributed by atoms with Gasteiger partial charge in [-0.25, -0.2) is 8.42 Å². The van der Waals surface area contributed by atoms with Crippen LogP contribution in [-0.2, 0) is 14.8 Å². The third kappa shape index (κ3) is 5.59. The summed E-state index contributed by atoms with van der Waals surface area (Å²) in [6.45, 7) is 4.32. The van der Waals surface area contributed by atoms with E-state index in [0.717, 1.165) is 42.4 Å². The summed E-state index contributed by atoms with van der Waals surface area (Å²) >= 11 is 0. The molecule has 1 aliphatic carbocycles. The zero-order valence-corrected chi connectivity index (χ0v) is 21.4. The van der Waals surface area contributed by atoms with Crippen molar-refractivity contribution in [2.24, 2.45) is 11.7 Å². The van der Waals surface area contributed by atoms with Crippen molar-refractivity contribution in [3.05, 3.63) is 58.7 Å². The number of anilines is 1. The molecule has 0 radical (unpaired) electrons. The summed E-state index contributed by atoms with van der Waals surface area (Å²) in [5.74, 6) is -0.601. The summed E-state index contributed by atoms with van der Waals surface area (Å²) in [5.41, 5.74) is 9.42. The van der Waals surface area contributed by atoms with Gasteiger partial charge in [0, 0.05) is 30.3 Å². The van der Waals surface area contributed by atoms with E-state index in [1.54, 1.807) is 25.1 Å². The average molecular weight is 498 g/mol. The van der Waals surface area contributed by atoms with Gasteiger partial charge in [0.1, 0.15) is 0 Å². The van der Waals surface area contributed by atoms with Gasteiger partial charge in [0.05, 0.1) is 4.90 Å². The SMILES string of the molecule is Cc1ccc(S(=O)(=O)N2CCC(C(=O)Nc3ccc(C4CCCCC4)c(C(N)=O)c3)CC2)c(C)c1. The topological polar surface area (TPSA) is 110 Å². The summed E-state index contributed by atoms with van der Waals surface area (Å²) in [6, 6.07) is 10.8. The van der Waals surface area contributed by atoms with Gasteiger partial charge in [0.15, 0.2) is 0 Å². The van der Waals surface area contributed by atoms with E-state index in [4.69, 9.17) is 5.73 Å². The molecule has 0 unspecified atom stereocenters. The van der Waals surface area contributed by atoms with Crippen LogP contribution in [0.1, 0.15) is 77.9 Å². The molecule has 2 aromatic carbocycles. The number of aryl methyl sites for hydroxylation is 2. The molecule has 2 fully saturated rings. The second-order valence-corrected chi connectivity index (χ2v) is 11.8. The van der Waals surface area contributed by atoms with Crippen molar-refractivity contribution in [2.75, 3.05) is 18.4 Å². The molecule has 2 aromatic rings. The van der Waals surface area contributed by atoms with Crippen molar-refractivity contribution in [1.29, 1.82) is 0 Å². The van der Waals surface area contributed by atoms with E-state index in [-0.39, 0.29) is 11.8 Å². The summed E-state index contributed by atoms with van der Waals surface area (Å²) < 4.78 is 27.7. The smallest absolute Gasteiger partial charge is 0.249 e. The highest BCUT2D eigenvalue weighted by molar-refractivity contribution is 7.89. The van der Waals surface area contributed by atoms with Crippen LogP contribution < -0.4 is 11.1 Å². The van der Waals surface area contributed by atoms with Crippen molar-refractivity contribution < 1.29 is 18.0 Å². The normalized spacial score (nSPS) is 18.3. The molecule has 35 heavy (non-hydrogen) atoms. The van der Waals surface area contributed by atoms with Crippen molar-refractivity contribution in [3.63, 3.8) is 0 Å². The Balaban J connectivity index is 1.41. The first-order valence-electron chi connectivity index (χ1n) is 12.5. The fourth-order valence-electron chi connectivity index (χ4n) is 5.45. The number of carbonyl (C=O) groups excluding carboxylic acids is 2. The number of piperidine rings is 1. The van der Waals surface area contributed by atoms with Gasteiger partial charge in [-0.15, -0.1) is 0 Å². The molecule has 1 saturated carbocycles. The maximum Gasteiger partial charge on any atom is 0.249 e. The van der Waals surface area contributed by atoms with Crippen LogP contribution >= 0.6 is 0 Å². The zero-order valence-electron chi connectivity index (χ0n) is 20.5. The number of amides is 2. The molecule has 7 nitrogen and oxygen atoms in total. The Morgan fingerprint density at radius 2 is 1.63 bits per heavy atom. The van der Waals surface area contributed by atoms with Crippen LogP contribution in [-0.4, -0.2) is 37.6 Å². The first kappa shape index (κ1) is 25.4. The predicted octanol–water partition coefficient (Wildman–Crippen LogP) is 4.49. The minimum atomic E-state index is -3.60.